The summed E-state index contributed by atoms with van der Waals surface area (Å²) in [7, 11) is 1.12. The summed E-state index contributed by atoms with van der Waals surface area (Å²) in [6.07, 6.45) is 0. The molecule has 0 spiro atoms. The van der Waals surface area contributed by atoms with Crippen LogP contribution in [0.1, 0.15) is 0 Å². The van der Waals surface area contributed by atoms with Crippen LogP contribution >= 0.6 is 0 Å². The molecule has 0 saturated carbocycles. The lowest BCUT2D eigenvalue weighted by atomic mass is 10.3. The fourth-order valence-electron chi connectivity index (χ4n) is 0.0878. The molecular weight excluding hydrogens is 118 g/mol. The summed E-state index contributed by atoms with van der Waals surface area (Å²) >= 11 is 0. The van der Waals surface area contributed by atoms with E-state index in [1.54, 1.807) is 0 Å². The lowest BCUT2D eigenvalue weighted by Gasteiger charge is -1.92. The van der Waals surface area contributed by atoms with Crippen LogP contribution in [0.4, 0.5) is 0 Å². The molecule has 0 aliphatic rings. The van der Waals surface area contributed by atoms with E-state index in [4.69, 9.17) is 10.5 Å². The maximum absolute atomic E-state index is 7.51. The predicted octanol–water partition coefficient (Wildman–Crippen LogP) is -1.02. The third-order valence-electron chi connectivity index (χ3n) is 0.236. The Bertz CT molecular complexity index is 31.5. The van der Waals surface area contributed by atoms with Crippen molar-refractivity contribution in [3.8, 4) is 0 Å². The Balaban J connectivity index is 2.53. The van der Waals surface area contributed by atoms with E-state index in [1.165, 1.54) is 0 Å². The molecule has 0 aromatic heterocycles. The molecule has 0 aromatic rings. The van der Waals surface area contributed by atoms with Crippen molar-refractivity contribution in [2.24, 2.45) is 0 Å². The van der Waals surface area contributed by atoms with E-state index >= 15 is 0 Å². The van der Waals surface area contributed by atoms with Crippen molar-refractivity contribution >= 4 is 15.4 Å². The van der Waals surface area contributed by atoms with Crippen LogP contribution in [-0.4, -0.2) is 25.9 Å². The van der Waals surface area contributed by atoms with Crippen LogP contribution in [-0.2, 0) is 19.2 Å². The van der Waals surface area contributed by atoms with Crippen LogP contribution in [0.5, 0.6) is 0 Å². The topological polar surface area (TPSA) is 77.4 Å². The van der Waals surface area contributed by atoms with Gasteiger partial charge in [-0.15, -0.1) is 0 Å². The monoisotopic (exact) mass is 120 g/mol. The zero-order chi connectivity index (χ0) is 6.24. The van der Waals surface area contributed by atoms with Crippen molar-refractivity contribution < 1.29 is 29.7 Å². The van der Waals surface area contributed by atoms with E-state index < -0.39 is 0 Å². The fourth-order valence-corrected chi connectivity index (χ4v) is 0.0878. The van der Waals surface area contributed by atoms with Gasteiger partial charge in [-0.25, -0.2) is 10.1 Å². The molecule has 0 rings (SSSR count). The normalized spacial score (nSPS) is 8.75. The van der Waals surface area contributed by atoms with Crippen LogP contribution in [0.15, 0.2) is 0 Å². The molecule has 0 aromatic carbocycles. The molecule has 0 saturated heterocycles. The summed E-state index contributed by atoms with van der Waals surface area (Å²) in [4.78, 5) is 6.91. The first-order valence-corrected chi connectivity index (χ1v) is 1.47. The van der Waals surface area contributed by atoms with Crippen LogP contribution < -0.4 is 0 Å². The number of rotatable bonds is 5. The van der Waals surface area contributed by atoms with Gasteiger partial charge < -0.3 is 4.57 Å². The molecular formula is H2B2O6. The average molecular weight is 120 g/mol. The third kappa shape index (κ3) is 5.89. The van der Waals surface area contributed by atoms with Gasteiger partial charge in [0.15, 0.2) is 0 Å². The summed E-state index contributed by atoms with van der Waals surface area (Å²) < 4.78 is 3.99. The van der Waals surface area contributed by atoms with Crippen molar-refractivity contribution in [2.45, 2.75) is 0 Å². The van der Waals surface area contributed by atoms with Gasteiger partial charge in [0.05, 0.1) is 0 Å². The van der Waals surface area contributed by atoms with Crippen LogP contribution in [0.2, 0.25) is 0 Å². The first kappa shape index (κ1) is 7.89. The smallest absolute Gasteiger partial charge is 0.452 e. The lowest BCUT2D eigenvalue weighted by Crippen LogP contribution is -2.09. The molecule has 8 heteroatoms. The second-order valence-corrected chi connectivity index (χ2v) is 0.605. The molecule has 0 atom stereocenters. The maximum atomic E-state index is 7.51. The molecule has 44 valence electrons. The summed E-state index contributed by atoms with van der Waals surface area (Å²) in [6, 6.07) is 0. The Hall–Kier alpha value is -0.110. The molecule has 6 nitrogen and oxygen atoms in total. The average Bonchev–Trinajstić information content (AvgIpc) is 1.81. The minimum absolute atomic E-state index is 0.541. The molecule has 8 heavy (non-hydrogen) atoms. The molecule has 0 aliphatic carbocycles. The van der Waals surface area contributed by atoms with Gasteiger partial charge in [-0.3, -0.25) is 10.1 Å². The Morgan fingerprint density at radius 1 is 1.12 bits per heavy atom. The third-order valence-corrected chi connectivity index (χ3v) is 0.236. The van der Waals surface area contributed by atoms with Crippen molar-refractivity contribution in [3.05, 3.63) is 0 Å². The zero-order valence-corrected chi connectivity index (χ0v) is 3.68. The van der Waals surface area contributed by atoms with E-state index in [-0.39, 0.29) is 0 Å². The van der Waals surface area contributed by atoms with Crippen molar-refractivity contribution in [1.29, 1.82) is 0 Å². The Morgan fingerprint density at radius 2 is 1.88 bits per heavy atom. The highest BCUT2D eigenvalue weighted by Gasteiger charge is 1.95. The quantitative estimate of drug-likeness (QED) is 0.209. The maximum Gasteiger partial charge on any atom is 0.514 e. The highest BCUT2D eigenvalue weighted by molar-refractivity contribution is 6.33. The summed E-state index contributed by atoms with van der Waals surface area (Å²) in [6.45, 7) is 0. The predicted molar refractivity (Wildman–Crippen MR) is 21.1 cm³/mol. The molecule has 2 radical (unpaired) electrons. The van der Waals surface area contributed by atoms with Gasteiger partial charge in [0, 0.05) is 0 Å². The first-order valence-electron chi connectivity index (χ1n) is 1.47. The second kappa shape index (κ2) is 6.89. The fraction of sp³-hybridized carbons (Fsp3) is 0. The van der Waals surface area contributed by atoms with E-state index in [0.717, 1.165) is 0 Å². The largest absolute Gasteiger partial charge is 0.514 e. The molecule has 0 amide bonds. The van der Waals surface area contributed by atoms with E-state index in [2.05, 4.69) is 19.2 Å². The highest BCUT2D eigenvalue weighted by atomic mass is 17.5. The lowest BCUT2D eigenvalue weighted by molar-refractivity contribution is -0.445. The van der Waals surface area contributed by atoms with Crippen LogP contribution in [0, 0.1) is 0 Å². The Labute approximate surface area is 46.3 Å². The molecule has 0 unspecified atom stereocenters. The molecule has 2 N–H and O–H groups in total. The van der Waals surface area contributed by atoms with Gasteiger partial charge in [0.2, 0.25) is 0 Å². The van der Waals surface area contributed by atoms with Crippen LogP contribution in [0.25, 0.3) is 0 Å². The number of hydrogen-bond donors (Lipinski definition) is 2. The van der Waals surface area contributed by atoms with Gasteiger partial charge in [0.25, 0.3) is 0 Å². The Morgan fingerprint density at radius 3 is 2.38 bits per heavy atom. The standard InChI is InChI=1S/B2H2O6/c3-6-1-5-2-7-8-4/h3-4H. The van der Waals surface area contributed by atoms with Gasteiger partial charge in [-0.2, -0.15) is 0 Å². The van der Waals surface area contributed by atoms with E-state index in [1.807, 2.05) is 0 Å². The van der Waals surface area contributed by atoms with E-state index in [9.17, 15) is 0 Å². The first-order chi connectivity index (χ1) is 3.91. The van der Waals surface area contributed by atoms with Gasteiger partial charge in [-0.05, 0) is 0 Å². The summed E-state index contributed by atoms with van der Waals surface area (Å²) in [5.74, 6) is 0. The van der Waals surface area contributed by atoms with Crippen molar-refractivity contribution in [2.75, 3.05) is 0 Å². The zero-order valence-electron chi connectivity index (χ0n) is 3.68. The van der Waals surface area contributed by atoms with Crippen molar-refractivity contribution in [3.63, 3.8) is 0 Å². The Kier molecular flexibility index (Phi) is 6.80. The van der Waals surface area contributed by atoms with Gasteiger partial charge >= 0.3 is 15.4 Å². The molecule has 0 fully saturated rings. The van der Waals surface area contributed by atoms with Crippen molar-refractivity contribution in [1.82, 2.24) is 0 Å². The second-order valence-electron chi connectivity index (χ2n) is 0.605. The molecule has 0 bridgehead atoms. The highest BCUT2D eigenvalue weighted by Crippen LogP contribution is 1.69. The van der Waals surface area contributed by atoms with Crippen LogP contribution in [0.3, 0.4) is 0 Å². The van der Waals surface area contributed by atoms with Gasteiger partial charge in [-0.1, -0.05) is 5.04 Å². The minimum Gasteiger partial charge on any atom is -0.452 e. The summed E-state index contributed by atoms with van der Waals surface area (Å²) in [5, 5.41) is 18.0. The molecule has 0 heterocycles. The van der Waals surface area contributed by atoms with Gasteiger partial charge in [0.1, 0.15) is 0 Å². The van der Waals surface area contributed by atoms with E-state index in [0.29, 0.717) is 15.4 Å². The molecule has 0 aliphatic heterocycles. The summed E-state index contributed by atoms with van der Waals surface area (Å²) in [5.41, 5.74) is 0. The minimum atomic E-state index is 0.541. The number of hydrogen-bond acceptors (Lipinski definition) is 6. The SMILES string of the molecule is OO[B]O[B]OOO.